The van der Waals surface area contributed by atoms with E-state index in [1.807, 2.05) is 6.07 Å². The molecule has 2 nitrogen and oxygen atoms in total. The number of likely N-dealkylation sites (N-methyl/N-ethyl adjacent to an activating group) is 1. The molecule has 2 rings (SSSR count). The number of nitrogens with zero attached hydrogens (tertiary/aromatic N) is 1. The van der Waals surface area contributed by atoms with Crippen molar-refractivity contribution in [2.75, 3.05) is 25.5 Å². The quantitative estimate of drug-likeness (QED) is 0.739. The van der Waals surface area contributed by atoms with Crippen LogP contribution in [-0.2, 0) is 0 Å². The van der Waals surface area contributed by atoms with Gasteiger partial charge in [0.25, 0.3) is 0 Å². The Morgan fingerprint density at radius 2 is 2.08 bits per heavy atom. The van der Waals surface area contributed by atoms with Crippen molar-refractivity contribution < 1.29 is 0 Å². The Morgan fingerprint density at radius 1 is 1.31 bits per heavy atom. The van der Waals surface area contributed by atoms with E-state index < -0.39 is 0 Å². The SMILES string of the molecule is CN1CCC(Nc2ccccc2)C1. The second kappa shape index (κ2) is 3.79. The Kier molecular flexibility index (Phi) is 2.50. The predicted octanol–water partition coefficient (Wildman–Crippen LogP) is 1.80. The van der Waals surface area contributed by atoms with Crippen LogP contribution in [0.25, 0.3) is 0 Å². The normalized spacial score (nSPS) is 23.3. The predicted molar refractivity (Wildman–Crippen MR) is 56.0 cm³/mol. The van der Waals surface area contributed by atoms with Gasteiger partial charge in [0.05, 0.1) is 0 Å². The van der Waals surface area contributed by atoms with Crippen molar-refractivity contribution in [2.45, 2.75) is 12.5 Å². The average molecular weight is 176 g/mol. The van der Waals surface area contributed by atoms with Crippen molar-refractivity contribution >= 4 is 5.69 Å². The molecule has 0 amide bonds. The van der Waals surface area contributed by atoms with Crippen molar-refractivity contribution in [2.24, 2.45) is 0 Å². The number of benzene rings is 1. The summed E-state index contributed by atoms with van der Waals surface area (Å²) in [7, 11) is 2.17. The first-order chi connectivity index (χ1) is 6.34. The van der Waals surface area contributed by atoms with E-state index in [9.17, 15) is 0 Å². The number of hydrogen-bond donors (Lipinski definition) is 1. The van der Waals surface area contributed by atoms with Crippen LogP contribution < -0.4 is 5.32 Å². The fourth-order valence-electron chi connectivity index (χ4n) is 1.82. The fourth-order valence-corrected chi connectivity index (χ4v) is 1.82. The van der Waals surface area contributed by atoms with E-state index in [4.69, 9.17) is 0 Å². The van der Waals surface area contributed by atoms with Gasteiger partial charge in [0.2, 0.25) is 0 Å². The van der Waals surface area contributed by atoms with Gasteiger partial charge < -0.3 is 10.2 Å². The van der Waals surface area contributed by atoms with Crippen LogP contribution in [-0.4, -0.2) is 31.1 Å². The molecule has 0 radical (unpaired) electrons. The minimum atomic E-state index is 0.632. The van der Waals surface area contributed by atoms with Crippen molar-refractivity contribution in [1.82, 2.24) is 4.90 Å². The summed E-state index contributed by atoms with van der Waals surface area (Å²) in [5, 5.41) is 3.53. The number of rotatable bonds is 2. The zero-order valence-electron chi connectivity index (χ0n) is 8.03. The summed E-state index contributed by atoms with van der Waals surface area (Å²) in [6, 6.07) is 11.1. The van der Waals surface area contributed by atoms with E-state index in [-0.39, 0.29) is 0 Å². The maximum absolute atomic E-state index is 3.53. The molecular weight excluding hydrogens is 160 g/mol. The molecule has 13 heavy (non-hydrogen) atoms. The van der Waals surface area contributed by atoms with E-state index in [0.717, 1.165) is 6.54 Å². The molecule has 1 aromatic carbocycles. The minimum absolute atomic E-state index is 0.632. The first kappa shape index (κ1) is 8.57. The van der Waals surface area contributed by atoms with Gasteiger partial charge in [-0.3, -0.25) is 0 Å². The maximum atomic E-state index is 3.53. The van der Waals surface area contributed by atoms with Gasteiger partial charge in [0, 0.05) is 18.3 Å². The molecule has 1 saturated heterocycles. The topological polar surface area (TPSA) is 15.3 Å². The van der Waals surface area contributed by atoms with Gasteiger partial charge in [-0.1, -0.05) is 18.2 Å². The molecule has 1 N–H and O–H groups in total. The third-order valence-electron chi connectivity index (χ3n) is 2.54. The van der Waals surface area contributed by atoms with Gasteiger partial charge in [-0.15, -0.1) is 0 Å². The maximum Gasteiger partial charge on any atom is 0.0400 e. The van der Waals surface area contributed by atoms with Crippen LogP contribution in [0.3, 0.4) is 0 Å². The lowest BCUT2D eigenvalue weighted by Crippen LogP contribution is -2.23. The summed E-state index contributed by atoms with van der Waals surface area (Å²) in [5.41, 5.74) is 1.24. The van der Waals surface area contributed by atoms with Gasteiger partial charge in [-0.25, -0.2) is 0 Å². The first-order valence-corrected chi connectivity index (χ1v) is 4.85. The first-order valence-electron chi connectivity index (χ1n) is 4.85. The van der Waals surface area contributed by atoms with Crippen LogP contribution >= 0.6 is 0 Å². The number of anilines is 1. The van der Waals surface area contributed by atoms with Crippen LogP contribution in [0.5, 0.6) is 0 Å². The van der Waals surface area contributed by atoms with Crippen molar-refractivity contribution in [3.8, 4) is 0 Å². The van der Waals surface area contributed by atoms with E-state index in [2.05, 4.69) is 41.5 Å². The van der Waals surface area contributed by atoms with Gasteiger partial charge in [0.15, 0.2) is 0 Å². The number of nitrogens with one attached hydrogen (secondary N) is 1. The van der Waals surface area contributed by atoms with Crippen LogP contribution in [0.1, 0.15) is 6.42 Å². The Labute approximate surface area is 79.6 Å². The van der Waals surface area contributed by atoms with Crippen LogP contribution in [0.15, 0.2) is 30.3 Å². The molecule has 1 fully saturated rings. The lowest BCUT2D eigenvalue weighted by atomic mass is 10.2. The third kappa shape index (κ3) is 2.22. The third-order valence-corrected chi connectivity index (χ3v) is 2.54. The largest absolute Gasteiger partial charge is 0.381 e. The Morgan fingerprint density at radius 3 is 2.69 bits per heavy atom. The summed E-state index contributed by atoms with van der Waals surface area (Å²) in [4.78, 5) is 2.36. The van der Waals surface area contributed by atoms with Crippen LogP contribution in [0.2, 0.25) is 0 Å². The molecule has 1 aromatic rings. The molecule has 1 heterocycles. The van der Waals surface area contributed by atoms with Crippen molar-refractivity contribution in [3.05, 3.63) is 30.3 Å². The highest BCUT2D eigenvalue weighted by Gasteiger charge is 2.18. The second-order valence-electron chi connectivity index (χ2n) is 3.76. The molecule has 1 unspecified atom stereocenters. The molecule has 0 aliphatic carbocycles. The number of hydrogen-bond acceptors (Lipinski definition) is 2. The monoisotopic (exact) mass is 176 g/mol. The fraction of sp³-hybridized carbons (Fsp3) is 0.455. The van der Waals surface area contributed by atoms with E-state index in [0.29, 0.717) is 6.04 Å². The van der Waals surface area contributed by atoms with Gasteiger partial charge in [0.1, 0.15) is 0 Å². The second-order valence-corrected chi connectivity index (χ2v) is 3.76. The van der Waals surface area contributed by atoms with E-state index >= 15 is 0 Å². The molecule has 1 aliphatic rings. The van der Waals surface area contributed by atoms with Crippen molar-refractivity contribution in [1.29, 1.82) is 0 Å². The summed E-state index contributed by atoms with van der Waals surface area (Å²) in [5.74, 6) is 0. The summed E-state index contributed by atoms with van der Waals surface area (Å²) < 4.78 is 0. The Balaban J connectivity index is 1.92. The zero-order chi connectivity index (χ0) is 9.10. The van der Waals surface area contributed by atoms with Crippen molar-refractivity contribution in [3.63, 3.8) is 0 Å². The average Bonchev–Trinajstić information content (AvgIpc) is 2.53. The molecule has 0 saturated carbocycles. The Hall–Kier alpha value is -1.02. The highest BCUT2D eigenvalue weighted by molar-refractivity contribution is 5.43. The highest BCUT2D eigenvalue weighted by Crippen LogP contribution is 2.13. The molecule has 2 heteroatoms. The number of likely N-dealkylation sites (tertiary alicyclic amines) is 1. The lowest BCUT2D eigenvalue weighted by Gasteiger charge is -2.13. The minimum Gasteiger partial charge on any atom is -0.381 e. The van der Waals surface area contributed by atoms with E-state index in [1.165, 1.54) is 18.7 Å². The molecule has 0 bridgehead atoms. The molecule has 0 aromatic heterocycles. The molecule has 70 valence electrons. The molecule has 1 aliphatic heterocycles. The smallest absolute Gasteiger partial charge is 0.0400 e. The summed E-state index contributed by atoms with van der Waals surface area (Å²) in [6.07, 6.45) is 1.26. The molecular formula is C11H16N2. The molecule has 1 atom stereocenters. The van der Waals surface area contributed by atoms with Crippen LogP contribution in [0.4, 0.5) is 5.69 Å². The van der Waals surface area contributed by atoms with Gasteiger partial charge in [-0.05, 0) is 32.1 Å². The number of para-hydroxylation sites is 1. The zero-order valence-corrected chi connectivity index (χ0v) is 8.03. The van der Waals surface area contributed by atoms with Gasteiger partial charge >= 0.3 is 0 Å². The summed E-state index contributed by atoms with van der Waals surface area (Å²) in [6.45, 7) is 2.37. The highest BCUT2D eigenvalue weighted by atomic mass is 15.2. The standard InChI is InChI=1S/C11H16N2/c1-13-8-7-11(9-13)12-10-5-3-2-4-6-10/h2-6,11-12H,7-9H2,1H3. The van der Waals surface area contributed by atoms with Gasteiger partial charge in [-0.2, -0.15) is 0 Å². The van der Waals surface area contributed by atoms with E-state index in [1.54, 1.807) is 0 Å². The Bertz CT molecular complexity index is 258. The lowest BCUT2D eigenvalue weighted by molar-refractivity contribution is 0.414. The van der Waals surface area contributed by atoms with Crippen LogP contribution in [0, 0.1) is 0 Å². The summed E-state index contributed by atoms with van der Waals surface area (Å²) >= 11 is 0. The molecule has 0 spiro atoms.